The summed E-state index contributed by atoms with van der Waals surface area (Å²) in [5, 5.41) is 2.64. The first-order chi connectivity index (χ1) is 7.68. The highest BCUT2D eigenvalue weighted by Crippen LogP contribution is 2.37. The Bertz CT molecular complexity index is 657. The molecule has 0 saturated heterocycles. The molecule has 88 valence electrons. The van der Waals surface area contributed by atoms with Crippen LogP contribution in [0.25, 0.3) is 21.5 Å². The van der Waals surface area contributed by atoms with E-state index in [4.69, 9.17) is 0 Å². The quantitative estimate of drug-likeness (QED) is 0.568. The number of H-pyrrole nitrogens is 1. The van der Waals surface area contributed by atoms with E-state index < -0.39 is 0 Å². The molecular weight excluding hydrogens is 250 g/mol. The van der Waals surface area contributed by atoms with Gasteiger partial charge in [-0.1, -0.05) is 23.5 Å². The Kier molecular flexibility index (Phi) is 3.11. The van der Waals surface area contributed by atoms with E-state index >= 15 is 0 Å². The van der Waals surface area contributed by atoms with E-state index in [0.29, 0.717) is 0 Å². The molecule has 0 amide bonds. The summed E-state index contributed by atoms with van der Waals surface area (Å²) >= 11 is 1.85. The number of nitrogens with one attached hydrogen (secondary N) is 1. The van der Waals surface area contributed by atoms with E-state index in [1.54, 1.807) is 0 Å². The lowest BCUT2D eigenvalue weighted by atomic mass is 10.0. The zero-order valence-electron chi connectivity index (χ0n) is 10.1. The van der Waals surface area contributed by atoms with Gasteiger partial charge in [0.1, 0.15) is 0 Å². The molecule has 2 heterocycles. The summed E-state index contributed by atoms with van der Waals surface area (Å²) in [5.41, 5.74) is 5.46. The van der Waals surface area contributed by atoms with Gasteiger partial charge in [-0.25, -0.2) is 0 Å². The SMILES string of the molecule is Cc1sc2[nH+]c3ccccc3c-2c(C)c1C.[Cl-]. The molecule has 0 atom stereocenters. The summed E-state index contributed by atoms with van der Waals surface area (Å²) in [7, 11) is 0. The van der Waals surface area contributed by atoms with Gasteiger partial charge < -0.3 is 12.4 Å². The summed E-state index contributed by atoms with van der Waals surface area (Å²) in [6.45, 7) is 6.62. The number of aromatic nitrogens is 1. The van der Waals surface area contributed by atoms with Crippen LogP contribution in [-0.2, 0) is 0 Å². The third-order valence-corrected chi connectivity index (χ3v) is 4.52. The average molecular weight is 264 g/mol. The van der Waals surface area contributed by atoms with Crippen LogP contribution in [0, 0.1) is 20.8 Å². The molecule has 1 nitrogen and oxygen atoms in total. The lowest BCUT2D eigenvalue weighted by Gasteiger charge is -2.06. The van der Waals surface area contributed by atoms with E-state index in [2.05, 4.69) is 50.0 Å². The largest absolute Gasteiger partial charge is 1.00 e. The van der Waals surface area contributed by atoms with Crippen LogP contribution in [0.4, 0.5) is 0 Å². The smallest absolute Gasteiger partial charge is 0.268 e. The fourth-order valence-corrected chi connectivity index (χ4v) is 3.39. The standard InChI is InChI=1S/C14H13NS.ClH/c1-8-9(2)13-11-6-4-5-7-12(11)15-14(13)16-10(8)3;/h4-7H,1-3H3;1H. The van der Waals surface area contributed by atoms with Gasteiger partial charge in [0.25, 0.3) is 5.01 Å². The Morgan fingerprint density at radius 1 is 1.00 bits per heavy atom. The van der Waals surface area contributed by atoms with E-state index in [1.807, 2.05) is 11.3 Å². The number of para-hydroxylation sites is 1. The summed E-state index contributed by atoms with van der Waals surface area (Å²) in [6, 6.07) is 8.53. The molecule has 0 unspecified atom stereocenters. The third-order valence-electron chi connectivity index (χ3n) is 3.39. The molecule has 2 aliphatic rings. The highest BCUT2D eigenvalue weighted by Gasteiger charge is 2.23. The van der Waals surface area contributed by atoms with Gasteiger partial charge in [0.05, 0.1) is 10.9 Å². The van der Waals surface area contributed by atoms with Crippen LogP contribution in [0.5, 0.6) is 0 Å². The van der Waals surface area contributed by atoms with Gasteiger partial charge >= 0.3 is 0 Å². The molecule has 1 aromatic carbocycles. The van der Waals surface area contributed by atoms with Crippen LogP contribution in [0.1, 0.15) is 16.0 Å². The molecule has 0 aromatic heterocycles. The molecule has 1 N–H and O–H groups in total. The zero-order valence-corrected chi connectivity index (χ0v) is 11.7. The summed E-state index contributed by atoms with van der Waals surface area (Å²) < 4.78 is 0. The van der Waals surface area contributed by atoms with Crippen LogP contribution < -0.4 is 17.4 Å². The predicted octanol–water partition coefficient (Wildman–Crippen LogP) is 0.749. The topological polar surface area (TPSA) is 14.1 Å². The van der Waals surface area contributed by atoms with Crippen LogP contribution in [0.15, 0.2) is 24.3 Å². The van der Waals surface area contributed by atoms with Crippen LogP contribution in [0.2, 0.25) is 0 Å². The minimum Gasteiger partial charge on any atom is -1.00 e. The van der Waals surface area contributed by atoms with Gasteiger partial charge in [-0.15, -0.1) is 0 Å². The van der Waals surface area contributed by atoms with Gasteiger partial charge in [0, 0.05) is 10.9 Å². The molecule has 1 aromatic rings. The molecule has 0 bridgehead atoms. The lowest BCUT2D eigenvalue weighted by Crippen LogP contribution is -3.00. The number of hydrogen-bond donors (Lipinski definition) is 0. The number of aromatic amines is 1. The van der Waals surface area contributed by atoms with Crippen molar-refractivity contribution in [3.05, 3.63) is 40.3 Å². The Hall–Kier alpha value is -1.12. The van der Waals surface area contributed by atoms with Crippen molar-refractivity contribution in [2.24, 2.45) is 0 Å². The van der Waals surface area contributed by atoms with Crippen molar-refractivity contribution >= 4 is 22.2 Å². The van der Waals surface area contributed by atoms with Gasteiger partial charge in [-0.2, -0.15) is 4.98 Å². The maximum atomic E-state index is 3.51. The van der Waals surface area contributed by atoms with Crippen molar-refractivity contribution in [2.75, 3.05) is 0 Å². The Labute approximate surface area is 111 Å². The Morgan fingerprint density at radius 3 is 2.47 bits per heavy atom. The molecule has 2 aliphatic heterocycles. The molecule has 3 heteroatoms. The first-order valence-corrected chi connectivity index (χ1v) is 6.30. The van der Waals surface area contributed by atoms with Crippen LogP contribution in [-0.4, -0.2) is 0 Å². The van der Waals surface area contributed by atoms with Gasteiger partial charge in [-0.05, 0) is 38.0 Å². The summed E-state index contributed by atoms with van der Waals surface area (Å²) in [4.78, 5) is 4.90. The normalized spacial score (nSPS) is 10.8. The highest BCUT2D eigenvalue weighted by atomic mass is 35.5. The number of halogens is 1. The molecule has 0 spiro atoms. The highest BCUT2D eigenvalue weighted by molar-refractivity contribution is 7.14. The second-order valence-electron chi connectivity index (χ2n) is 4.28. The molecule has 17 heavy (non-hydrogen) atoms. The maximum Gasteiger partial charge on any atom is 0.268 e. The molecule has 0 fully saturated rings. The van der Waals surface area contributed by atoms with Gasteiger partial charge in [0.15, 0.2) is 0 Å². The van der Waals surface area contributed by atoms with Crippen molar-refractivity contribution in [1.29, 1.82) is 0 Å². The molecule has 3 rings (SSSR count). The zero-order chi connectivity index (χ0) is 11.3. The molecule has 0 saturated carbocycles. The molecule has 0 aliphatic carbocycles. The van der Waals surface area contributed by atoms with E-state index in [-0.39, 0.29) is 12.4 Å². The number of benzene rings is 1. The van der Waals surface area contributed by atoms with E-state index in [0.717, 1.165) is 0 Å². The maximum absolute atomic E-state index is 3.51. The second-order valence-corrected chi connectivity index (χ2v) is 5.51. The summed E-state index contributed by atoms with van der Waals surface area (Å²) in [5.74, 6) is 0. The monoisotopic (exact) mass is 263 g/mol. The number of rotatable bonds is 0. The van der Waals surface area contributed by atoms with Crippen LogP contribution >= 0.6 is 11.3 Å². The third kappa shape index (κ3) is 1.72. The lowest BCUT2D eigenvalue weighted by molar-refractivity contribution is -0.323. The van der Waals surface area contributed by atoms with Crippen molar-refractivity contribution < 1.29 is 17.4 Å². The van der Waals surface area contributed by atoms with Gasteiger partial charge in [0.2, 0.25) is 5.52 Å². The second kappa shape index (κ2) is 4.28. The van der Waals surface area contributed by atoms with Crippen LogP contribution in [0.3, 0.4) is 0 Å². The fourth-order valence-electron chi connectivity index (χ4n) is 2.25. The predicted molar refractivity (Wildman–Crippen MR) is 69.2 cm³/mol. The van der Waals surface area contributed by atoms with E-state index in [1.165, 1.54) is 37.5 Å². The summed E-state index contributed by atoms with van der Waals surface area (Å²) in [6.07, 6.45) is 0. The first-order valence-electron chi connectivity index (χ1n) is 5.49. The number of fused-ring (bicyclic) bond motifs is 3. The van der Waals surface area contributed by atoms with Crippen molar-refractivity contribution in [3.8, 4) is 10.6 Å². The minimum atomic E-state index is 0. The van der Waals surface area contributed by atoms with Crippen molar-refractivity contribution in [3.63, 3.8) is 0 Å². The first kappa shape index (κ1) is 12.3. The molecule has 0 radical (unpaired) electrons. The van der Waals surface area contributed by atoms with Crippen molar-refractivity contribution in [1.82, 2.24) is 0 Å². The molecular formula is C14H14ClNS. The average Bonchev–Trinajstić information content (AvgIpc) is 2.64. The van der Waals surface area contributed by atoms with Crippen molar-refractivity contribution in [2.45, 2.75) is 20.8 Å². The number of hydrogen-bond acceptors (Lipinski definition) is 1. The Morgan fingerprint density at radius 2 is 1.71 bits per heavy atom. The van der Waals surface area contributed by atoms with Gasteiger partial charge in [-0.3, -0.25) is 0 Å². The fraction of sp³-hybridized carbons (Fsp3) is 0.214. The number of aryl methyl sites for hydroxylation is 1. The van der Waals surface area contributed by atoms with E-state index in [9.17, 15) is 0 Å². The Balaban J connectivity index is 0.00000108. The minimum absolute atomic E-state index is 0.